The van der Waals surface area contributed by atoms with Crippen molar-refractivity contribution in [2.75, 3.05) is 0 Å². The van der Waals surface area contributed by atoms with Crippen LogP contribution < -0.4 is 15.8 Å². The number of para-hydroxylation sites is 1. The molecule has 2 amide bonds. The summed E-state index contributed by atoms with van der Waals surface area (Å²) in [4.78, 5) is 36.6. The molecule has 2 aliphatic heterocycles. The van der Waals surface area contributed by atoms with Gasteiger partial charge in [-0.2, -0.15) is 13.2 Å². The van der Waals surface area contributed by atoms with Crippen LogP contribution in [0.1, 0.15) is 56.3 Å². The summed E-state index contributed by atoms with van der Waals surface area (Å²) in [5, 5.41) is 2.81. The van der Waals surface area contributed by atoms with E-state index in [0.29, 0.717) is 17.5 Å². The molecule has 196 valence electrons. The summed E-state index contributed by atoms with van der Waals surface area (Å²) >= 11 is 0. The summed E-state index contributed by atoms with van der Waals surface area (Å²) in [5.74, 6) is -1.21. The van der Waals surface area contributed by atoms with Gasteiger partial charge in [-0.05, 0) is 43.9 Å². The molecule has 0 spiro atoms. The van der Waals surface area contributed by atoms with Gasteiger partial charge in [-0.15, -0.1) is 0 Å². The van der Waals surface area contributed by atoms with Gasteiger partial charge < -0.3 is 15.8 Å². The van der Waals surface area contributed by atoms with Crippen LogP contribution in [-0.4, -0.2) is 45.5 Å². The average Bonchev–Trinajstić information content (AvgIpc) is 3.61. The maximum Gasteiger partial charge on any atom is 0.425 e. The molecule has 0 saturated heterocycles. The molecule has 3 N–H and O–H groups in total. The van der Waals surface area contributed by atoms with Crippen molar-refractivity contribution >= 4 is 17.8 Å². The molecule has 1 aromatic carbocycles. The minimum atomic E-state index is -4.57. The Hall–Kier alpha value is -3.63. The predicted molar refractivity (Wildman–Crippen MR) is 128 cm³/mol. The van der Waals surface area contributed by atoms with Crippen molar-refractivity contribution in [1.82, 2.24) is 15.2 Å². The van der Waals surface area contributed by atoms with Gasteiger partial charge in [-0.25, -0.2) is 4.99 Å². The van der Waals surface area contributed by atoms with Crippen molar-refractivity contribution < 1.29 is 27.5 Å². The Morgan fingerprint density at radius 2 is 1.97 bits per heavy atom. The second-order valence-corrected chi connectivity index (χ2v) is 10.4. The molecular formula is C26H28F3N5O3. The molecule has 11 heteroatoms. The lowest BCUT2D eigenvalue weighted by Crippen LogP contribution is -2.52. The lowest BCUT2D eigenvalue weighted by atomic mass is 9.94. The molecular weight excluding hydrogens is 487 g/mol. The van der Waals surface area contributed by atoms with Crippen LogP contribution in [0.5, 0.6) is 5.75 Å². The maximum atomic E-state index is 13.5. The number of aliphatic imine (C=N–C) groups is 1. The van der Waals surface area contributed by atoms with E-state index in [0.717, 1.165) is 0 Å². The van der Waals surface area contributed by atoms with Gasteiger partial charge in [-0.3, -0.25) is 19.5 Å². The number of rotatable bonds is 5. The summed E-state index contributed by atoms with van der Waals surface area (Å²) < 4.78 is 45.7. The van der Waals surface area contributed by atoms with E-state index in [2.05, 4.69) is 15.3 Å². The van der Waals surface area contributed by atoms with E-state index >= 15 is 0 Å². The number of ether oxygens (including phenoxy) is 1. The van der Waals surface area contributed by atoms with Gasteiger partial charge >= 0.3 is 6.18 Å². The van der Waals surface area contributed by atoms with Crippen LogP contribution in [0.15, 0.2) is 53.8 Å². The fourth-order valence-corrected chi connectivity index (χ4v) is 5.32. The third kappa shape index (κ3) is 4.99. The van der Waals surface area contributed by atoms with Crippen LogP contribution in [0.2, 0.25) is 0 Å². The number of nitrogens with two attached hydrogens (primary N) is 1. The van der Waals surface area contributed by atoms with Crippen molar-refractivity contribution in [3.63, 3.8) is 0 Å². The van der Waals surface area contributed by atoms with Gasteiger partial charge in [0, 0.05) is 30.3 Å². The number of amides is 2. The number of hydrogen-bond donors (Lipinski definition) is 2. The Labute approximate surface area is 212 Å². The molecule has 2 unspecified atom stereocenters. The second kappa shape index (κ2) is 9.04. The Kier molecular flexibility index (Phi) is 6.12. The van der Waals surface area contributed by atoms with Gasteiger partial charge in [0.1, 0.15) is 5.75 Å². The molecule has 1 aliphatic carbocycles. The Bertz CT molecular complexity index is 1230. The van der Waals surface area contributed by atoms with Gasteiger partial charge in [0.25, 0.3) is 0 Å². The number of benzene rings is 1. The Morgan fingerprint density at radius 1 is 1.22 bits per heavy atom. The van der Waals surface area contributed by atoms with E-state index in [1.807, 2.05) is 19.9 Å². The van der Waals surface area contributed by atoms with Crippen LogP contribution >= 0.6 is 0 Å². The molecule has 8 nitrogen and oxygen atoms in total. The third-order valence-electron chi connectivity index (χ3n) is 7.10. The lowest BCUT2D eigenvalue weighted by molar-refractivity contribution is -0.201. The second-order valence-electron chi connectivity index (χ2n) is 10.4. The summed E-state index contributed by atoms with van der Waals surface area (Å²) in [5.41, 5.74) is 6.82. The highest BCUT2D eigenvalue weighted by Gasteiger charge is 2.54. The smallest absolute Gasteiger partial charge is 0.425 e. The number of alkyl halides is 3. The molecule has 1 aromatic heterocycles. The monoisotopic (exact) mass is 515 g/mol. The van der Waals surface area contributed by atoms with E-state index in [1.54, 1.807) is 36.7 Å². The first-order valence-corrected chi connectivity index (χ1v) is 12.1. The van der Waals surface area contributed by atoms with Crippen molar-refractivity contribution in [2.24, 2.45) is 22.6 Å². The number of pyridine rings is 1. The number of nitrogens with one attached hydrogen (secondary N) is 1. The molecule has 1 saturated carbocycles. The highest BCUT2D eigenvalue weighted by atomic mass is 19.4. The first kappa shape index (κ1) is 25.0. The number of carbonyl (C=O) groups excluding carboxylic acids is 2. The van der Waals surface area contributed by atoms with Crippen LogP contribution in [0.25, 0.3) is 0 Å². The quantitative estimate of drug-likeness (QED) is 0.632. The minimum Gasteiger partial charge on any atom is -0.480 e. The fraction of sp³-hybridized carbons (Fsp3) is 0.462. The average molecular weight is 516 g/mol. The molecule has 3 heterocycles. The molecule has 3 aliphatic rings. The first-order valence-electron chi connectivity index (χ1n) is 12.1. The first-order chi connectivity index (χ1) is 17.4. The molecule has 5 atom stereocenters. The van der Waals surface area contributed by atoms with Crippen LogP contribution in [0, 0.1) is 11.8 Å². The number of guanidine groups is 1. The standard InChI is InChI=1S/C26H28F3N5O3/c1-25(2)12-21(35)34(24(30)33-25)22(14-6-5-9-31-13-14)16-10-17(16)23(36)32-18-11-20(26(27,28)29)37-19-8-4-3-7-15(18)19/h3-9,13,16-18,20,22H,10-12H2,1-2H3,(H2,30,33)(H,32,36)/t16?,17-,18+,20?,22-/m1/s1. The fourth-order valence-electron chi connectivity index (χ4n) is 5.32. The number of nitrogens with zero attached hydrogens (tertiary/aromatic N) is 3. The highest BCUT2D eigenvalue weighted by molar-refractivity contribution is 5.99. The van der Waals surface area contributed by atoms with E-state index in [-0.39, 0.29) is 35.9 Å². The zero-order valence-electron chi connectivity index (χ0n) is 20.4. The van der Waals surface area contributed by atoms with E-state index in [1.165, 1.54) is 11.0 Å². The highest BCUT2D eigenvalue weighted by Crippen LogP contribution is 2.51. The van der Waals surface area contributed by atoms with E-state index < -0.39 is 42.2 Å². The van der Waals surface area contributed by atoms with Crippen LogP contribution in [0.3, 0.4) is 0 Å². The zero-order valence-corrected chi connectivity index (χ0v) is 20.4. The van der Waals surface area contributed by atoms with Gasteiger partial charge in [0.2, 0.25) is 11.8 Å². The molecule has 0 bridgehead atoms. The van der Waals surface area contributed by atoms with Gasteiger partial charge in [-0.1, -0.05) is 24.3 Å². The number of hydrogen-bond acceptors (Lipinski definition) is 6. The van der Waals surface area contributed by atoms with Crippen LogP contribution in [0.4, 0.5) is 13.2 Å². The summed E-state index contributed by atoms with van der Waals surface area (Å²) in [6.07, 6.45) is -3.17. The van der Waals surface area contributed by atoms with Crippen molar-refractivity contribution in [1.29, 1.82) is 0 Å². The summed E-state index contributed by atoms with van der Waals surface area (Å²) in [7, 11) is 0. The Morgan fingerprint density at radius 3 is 2.65 bits per heavy atom. The molecule has 2 aromatic rings. The van der Waals surface area contributed by atoms with Crippen LogP contribution in [-0.2, 0) is 9.59 Å². The lowest BCUT2D eigenvalue weighted by Gasteiger charge is -2.38. The SMILES string of the molecule is CC1(C)CC(=O)N([C@H](c2cccnc2)C2C[C@H]2C(=O)N[C@H]2CC(C(F)(F)F)Oc3ccccc32)C(N)=N1. The van der Waals surface area contributed by atoms with Crippen molar-refractivity contribution in [3.8, 4) is 5.75 Å². The van der Waals surface area contributed by atoms with Gasteiger partial charge in [0.05, 0.1) is 24.0 Å². The maximum absolute atomic E-state index is 13.5. The van der Waals surface area contributed by atoms with Gasteiger partial charge in [0.15, 0.2) is 12.1 Å². The van der Waals surface area contributed by atoms with Crippen molar-refractivity contribution in [2.45, 2.75) is 63.0 Å². The molecule has 5 rings (SSSR count). The number of halogens is 3. The predicted octanol–water partition coefficient (Wildman–Crippen LogP) is 3.66. The largest absolute Gasteiger partial charge is 0.480 e. The Balaban J connectivity index is 1.39. The topological polar surface area (TPSA) is 110 Å². The minimum absolute atomic E-state index is 0.0764. The van der Waals surface area contributed by atoms with Crippen molar-refractivity contribution in [3.05, 3.63) is 59.9 Å². The number of aromatic nitrogens is 1. The number of carbonyl (C=O) groups is 2. The molecule has 37 heavy (non-hydrogen) atoms. The van der Waals surface area contributed by atoms with E-state index in [4.69, 9.17) is 10.5 Å². The van der Waals surface area contributed by atoms with E-state index in [9.17, 15) is 22.8 Å². The molecule has 1 fully saturated rings. The number of fused-ring (bicyclic) bond motifs is 1. The normalized spacial score (nSPS) is 27.4. The summed E-state index contributed by atoms with van der Waals surface area (Å²) in [6.45, 7) is 3.64. The zero-order chi connectivity index (χ0) is 26.5. The summed E-state index contributed by atoms with van der Waals surface area (Å²) in [6, 6.07) is 8.54. The third-order valence-corrected chi connectivity index (χ3v) is 7.10. The molecule has 0 radical (unpaired) electrons.